The molecule has 4 rings (SSSR count). The number of aromatic hydroxyl groups is 1. The van der Waals surface area contributed by atoms with Gasteiger partial charge in [0.15, 0.2) is 0 Å². The SMILES string of the molecule is Cc1cc(O)c([C@@H](c2ccccc2)N2CCN(CCO)CC2)c(=O)n1Cc1cccnc1. The number of hydrogen-bond donors (Lipinski definition) is 2. The summed E-state index contributed by atoms with van der Waals surface area (Å²) < 4.78 is 1.71. The highest BCUT2D eigenvalue weighted by Crippen LogP contribution is 2.33. The first-order valence-corrected chi connectivity index (χ1v) is 11.0. The molecular weight excluding hydrogens is 404 g/mol. The Bertz CT molecular complexity index is 1080. The first kappa shape index (κ1) is 22.2. The summed E-state index contributed by atoms with van der Waals surface area (Å²) in [5.74, 6) is 0.0292. The fourth-order valence-corrected chi connectivity index (χ4v) is 4.48. The molecule has 7 heteroatoms. The van der Waals surface area contributed by atoms with E-state index in [1.807, 2.05) is 49.4 Å². The largest absolute Gasteiger partial charge is 0.507 e. The Morgan fingerprint density at radius 1 is 1.06 bits per heavy atom. The standard InChI is InChI=1S/C25H30N4O3/c1-19-16-22(31)23(25(32)29(19)18-20-6-5-9-26-17-20)24(21-7-3-2-4-8-21)28-12-10-27(11-13-28)14-15-30/h2-9,16-17,24,30-31H,10-15,18H2,1H3/t24-/m1/s1. The van der Waals surface area contributed by atoms with Crippen LogP contribution < -0.4 is 5.56 Å². The Labute approximate surface area is 188 Å². The Morgan fingerprint density at radius 2 is 1.81 bits per heavy atom. The summed E-state index contributed by atoms with van der Waals surface area (Å²) >= 11 is 0. The second kappa shape index (κ2) is 10.1. The molecule has 168 valence electrons. The van der Waals surface area contributed by atoms with Crippen LogP contribution in [0.5, 0.6) is 5.75 Å². The zero-order valence-electron chi connectivity index (χ0n) is 18.4. The van der Waals surface area contributed by atoms with E-state index in [1.54, 1.807) is 23.0 Å². The molecule has 1 fully saturated rings. The van der Waals surface area contributed by atoms with Crippen LogP contribution in [-0.4, -0.2) is 68.9 Å². The summed E-state index contributed by atoms with van der Waals surface area (Å²) in [6.07, 6.45) is 3.47. The molecule has 0 spiro atoms. The fourth-order valence-electron chi connectivity index (χ4n) is 4.48. The lowest BCUT2D eigenvalue weighted by molar-refractivity contribution is 0.0932. The molecular formula is C25H30N4O3. The molecule has 0 radical (unpaired) electrons. The molecule has 2 aromatic heterocycles. The van der Waals surface area contributed by atoms with Crippen molar-refractivity contribution < 1.29 is 10.2 Å². The summed E-state index contributed by atoms with van der Waals surface area (Å²) in [6.45, 7) is 6.13. The van der Waals surface area contributed by atoms with E-state index < -0.39 is 0 Å². The molecule has 3 aromatic rings. The minimum Gasteiger partial charge on any atom is -0.507 e. The molecule has 0 saturated carbocycles. The summed E-state index contributed by atoms with van der Waals surface area (Å²) in [5, 5.41) is 20.2. The Kier molecular flexibility index (Phi) is 6.99. The van der Waals surface area contributed by atoms with Crippen molar-refractivity contribution in [1.29, 1.82) is 0 Å². The van der Waals surface area contributed by atoms with Crippen molar-refractivity contribution in [2.75, 3.05) is 39.3 Å². The van der Waals surface area contributed by atoms with Gasteiger partial charge in [-0.15, -0.1) is 0 Å². The van der Waals surface area contributed by atoms with Gasteiger partial charge in [-0.3, -0.25) is 19.6 Å². The van der Waals surface area contributed by atoms with Crippen LogP contribution in [-0.2, 0) is 6.54 Å². The van der Waals surface area contributed by atoms with Crippen LogP contribution in [0.3, 0.4) is 0 Å². The maximum absolute atomic E-state index is 13.8. The van der Waals surface area contributed by atoms with E-state index >= 15 is 0 Å². The zero-order valence-corrected chi connectivity index (χ0v) is 18.4. The molecule has 1 atom stereocenters. The predicted octanol–water partition coefficient (Wildman–Crippen LogP) is 2.00. The third kappa shape index (κ3) is 4.75. The third-order valence-electron chi connectivity index (χ3n) is 6.16. The van der Waals surface area contributed by atoms with E-state index in [-0.39, 0.29) is 24.0 Å². The smallest absolute Gasteiger partial charge is 0.259 e. The van der Waals surface area contributed by atoms with E-state index in [2.05, 4.69) is 14.8 Å². The number of pyridine rings is 2. The normalized spacial score (nSPS) is 16.2. The molecule has 1 aromatic carbocycles. The number of nitrogens with zero attached hydrogens (tertiary/aromatic N) is 4. The number of rotatable bonds is 7. The van der Waals surface area contributed by atoms with E-state index in [0.717, 1.165) is 37.3 Å². The van der Waals surface area contributed by atoms with Gasteiger partial charge in [-0.2, -0.15) is 0 Å². The Morgan fingerprint density at radius 3 is 2.47 bits per heavy atom. The van der Waals surface area contributed by atoms with Gasteiger partial charge >= 0.3 is 0 Å². The topological polar surface area (TPSA) is 81.8 Å². The molecule has 0 aliphatic carbocycles. The van der Waals surface area contributed by atoms with Crippen LogP contribution in [0.4, 0.5) is 0 Å². The number of hydrogen-bond acceptors (Lipinski definition) is 6. The molecule has 32 heavy (non-hydrogen) atoms. The van der Waals surface area contributed by atoms with Crippen molar-refractivity contribution >= 4 is 0 Å². The lowest BCUT2D eigenvalue weighted by Crippen LogP contribution is -2.49. The van der Waals surface area contributed by atoms with Gasteiger partial charge in [0.2, 0.25) is 0 Å². The van der Waals surface area contributed by atoms with Crippen LogP contribution >= 0.6 is 0 Å². The minimum absolute atomic E-state index is 0.0292. The first-order valence-electron chi connectivity index (χ1n) is 11.0. The van der Waals surface area contributed by atoms with Crippen LogP contribution in [0, 0.1) is 6.92 Å². The average Bonchev–Trinajstić information content (AvgIpc) is 2.81. The van der Waals surface area contributed by atoms with Crippen LogP contribution in [0.1, 0.15) is 28.4 Å². The van der Waals surface area contributed by atoms with Crippen molar-refractivity contribution in [1.82, 2.24) is 19.4 Å². The van der Waals surface area contributed by atoms with Gasteiger partial charge in [-0.25, -0.2) is 0 Å². The van der Waals surface area contributed by atoms with Crippen molar-refractivity contribution in [2.24, 2.45) is 0 Å². The number of aryl methyl sites for hydroxylation is 1. The summed E-state index contributed by atoms with van der Waals surface area (Å²) in [4.78, 5) is 22.4. The lowest BCUT2D eigenvalue weighted by atomic mass is 9.96. The van der Waals surface area contributed by atoms with Gasteiger partial charge in [0.05, 0.1) is 24.8 Å². The minimum atomic E-state index is -0.347. The van der Waals surface area contributed by atoms with Crippen molar-refractivity contribution in [2.45, 2.75) is 19.5 Å². The van der Waals surface area contributed by atoms with Gasteiger partial charge in [-0.1, -0.05) is 36.4 Å². The van der Waals surface area contributed by atoms with Gasteiger partial charge in [0.25, 0.3) is 5.56 Å². The van der Waals surface area contributed by atoms with Crippen molar-refractivity contribution in [3.8, 4) is 5.75 Å². The number of β-amino-alcohol motifs (C(OH)–C–C–N with tert-alkyl or cyclic N) is 1. The zero-order chi connectivity index (χ0) is 22.5. The van der Waals surface area contributed by atoms with Gasteiger partial charge in [0, 0.05) is 50.8 Å². The quantitative estimate of drug-likeness (QED) is 0.592. The molecule has 0 amide bonds. The van der Waals surface area contributed by atoms with Crippen LogP contribution in [0.15, 0.2) is 65.7 Å². The molecule has 3 heterocycles. The molecule has 0 bridgehead atoms. The van der Waals surface area contributed by atoms with E-state index in [1.165, 1.54) is 0 Å². The number of aliphatic hydroxyl groups is 1. The van der Waals surface area contributed by atoms with Crippen molar-refractivity contribution in [3.63, 3.8) is 0 Å². The fraction of sp³-hybridized carbons (Fsp3) is 0.360. The maximum atomic E-state index is 13.8. The second-order valence-electron chi connectivity index (χ2n) is 8.25. The maximum Gasteiger partial charge on any atom is 0.259 e. The highest BCUT2D eigenvalue weighted by Gasteiger charge is 2.31. The number of aromatic nitrogens is 2. The molecule has 1 aliphatic rings. The van der Waals surface area contributed by atoms with Crippen LogP contribution in [0.25, 0.3) is 0 Å². The Balaban J connectivity index is 1.76. The monoisotopic (exact) mass is 434 g/mol. The lowest BCUT2D eigenvalue weighted by Gasteiger charge is -2.39. The van der Waals surface area contributed by atoms with Crippen LogP contribution in [0.2, 0.25) is 0 Å². The summed E-state index contributed by atoms with van der Waals surface area (Å²) in [5.41, 5.74) is 2.84. The van der Waals surface area contributed by atoms with E-state index in [9.17, 15) is 15.0 Å². The Hall–Kier alpha value is -3.00. The van der Waals surface area contributed by atoms with E-state index in [4.69, 9.17) is 0 Å². The van der Waals surface area contributed by atoms with E-state index in [0.29, 0.717) is 24.3 Å². The van der Waals surface area contributed by atoms with Gasteiger partial charge in [-0.05, 0) is 30.2 Å². The number of piperazine rings is 1. The first-order chi connectivity index (χ1) is 15.6. The molecule has 0 unspecified atom stereocenters. The second-order valence-corrected chi connectivity index (χ2v) is 8.25. The summed E-state index contributed by atoms with van der Waals surface area (Å²) in [6, 6.07) is 15.0. The predicted molar refractivity (Wildman–Crippen MR) is 124 cm³/mol. The average molecular weight is 435 g/mol. The number of aliphatic hydroxyl groups excluding tert-OH is 1. The molecule has 7 nitrogen and oxygen atoms in total. The molecule has 2 N–H and O–H groups in total. The molecule has 1 aliphatic heterocycles. The summed E-state index contributed by atoms with van der Waals surface area (Å²) in [7, 11) is 0. The highest BCUT2D eigenvalue weighted by atomic mass is 16.3. The van der Waals surface area contributed by atoms with Gasteiger partial charge < -0.3 is 14.8 Å². The number of benzene rings is 1. The van der Waals surface area contributed by atoms with Crippen molar-refractivity contribution in [3.05, 3.63) is 93.7 Å². The molecule has 1 saturated heterocycles. The van der Waals surface area contributed by atoms with Gasteiger partial charge in [0.1, 0.15) is 5.75 Å². The third-order valence-corrected chi connectivity index (χ3v) is 6.16. The highest BCUT2D eigenvalue weighted by molar-refractivity contribution is 5.41.